The molecule has 1 saturated heterocycles. The van der Waals surface area contributed by atoms with Gasteiger partial charge in [0.2, 0.25) is 5.95 Å². The Kier molecular flexibility index (Phi) is 4.58. The van der Waals surface area contributed by atoms with Crippen LogP contribution in [0.4, 0.5) is 5.95 Å². The smallest absolute Gasteiger partial charge is 0.226 e. The summed E-state index contributed by atoms with van der Waals surface area (Å²) in [4.78, 5) is 11.6. The average molecular weight is 292 g/mol. The van der Waals surface area contributed by atoms with Gasteiger partial charge in [-0.15, -0.1) is 0 Å². The first-order valence-corrected chi connectivity index (χ1v) is 7.81. The third kappa shape index (κ3) is 3.08. The van der Waals surface area contributed by atoms with Gasteiger partial charge in [0, 0.05) is 18.8 Å². The summed E-state index contributed by atoms with van der Waals surface area (Å²) in [7, 11) is 0. The first kappa shape index (κ1) is 15.2. The molecule has 5 heteroatoms. The van der Waals surface area contributed by atoms with Crippen molar-refractivity contribution >= 4 is 23.2 Å². The number of hydrogen-bond donors (Lipinski definition) is 1. The Balaban J connectivity index is 2.16. The molecule has 0 unspecified atom stereocenters. The Bertz CT molecular complexity index is 487. The second-order valence-corrected chi connectivity index (χ2v) is 6.19. The predicted octanol–water partition coefficient (Wildman–Crippen LogP) is 2.83. The van der Waals surface area contributed by atoms with E-state index in [1.54, 1.807) is 0 Å². The standard InChI is InChI=1S/C15H24N4S/c1-4-15(5-2)6-8-19(9-7-15)14-17-11(3)10-12(18-14)13(16)20/h10H,4-9H2,1-3H3,(H2,16,20). The lowest BCUT2D eigenvalue weighted by atomic mass is 9.74. The van der Waals surface area contributed by atoms with Crippen LogP contribution in [0, 0.1) is 12.3 Å². The number of nitrogens with zero attached hydrogens (tertiary/aromatic N) is 3. The zero-order chi connectivity index (χ0) is 14.8. The molecule has 0 aromatic carbocycles. The molecular weight excluding hydrogens is 268 g/mol. The fraction of sp³-hybridized carbons (Fsp3) is 0.667. The number of nitrogens with two attached hydrogens (primary N) is 1. The van der Waals surface area contributed by atoms with Gasteiger partial charge in [-0.1, -0.05) is 38.9 Å². The van der Waals surface area contributed by atoms with Crippen molar-refractivity contribution in [1.29, 1.82) is 0 Å². The normalized spacial score (nSPS) is 18.1. The molecule has 2 N–H and O–H groups in total. The van der Waals surface area contributed by atoms with Crippen molar-refractivity contribution in [3.8, 4) is 0 Å². The Hall–Kier alpha value is -1.23. The molecule has 1 aromatic heterocycles. The van der Waals surface area contributed by atoms with Crippen LogP contribution in [-0.4, -0.2) is 28.0 Å². The van der Waals surface area contributed by atoms with Gasteiger partial charge in [0.05, 0.1) is 0 Å². The molecule has 0 radical (unpaired) electrons. The van der Waals surface area contributed by atoms with Crippen LogP contribution in [0.25, 0.3) is 0 Å². The van der Waals surface area contributed by atoms with Crippen molar-refractivity contribution in [3.63, 3.8) is 0 Å². The van der Waals surface area contributed by atoms with Gasteiger partial charge in [-0.2, -0.15) is 0 Å². The zero-order valence-corrected chi connectivity index (χ0v) is 13.5. The molecule has 0 aliphatic carbocycles. The monoisotopic (exact) mass is 292 g/mol. The number of rotatable bonds is 4. The van der Waals surface area contributed by atoms with Crippen LogP contribution in [0.5, 0.6) is 0 Å². The van der Waals surface area contributed by atoms with Crippen molar-refractivity contribution in [1.82, 2.24) is 9.97 Å². The van der Waals surface area contributed by atoms with E-state index in [4.69, 9.17) is 18.0 Å². The summed E-state index contributed by atoms with van der Waals surface area (Å²) in [6, 6.07) is 1.85. The highest BCUT2D eigenvalue weighted by molar-refractivity contribution is 7.80. The Labute approximate surface area is 126 Å². The van der Waals surface area contributed by atoms with Crippen LogP contribution >= 0.6 is 12.2 Å². The maximum atomic E-state index is 5.69. The minimum absolute atomic E-state index is 0.338. The predicted molar refractivity (Wildman–Crippen MR) is 87.1 cm³/mol. The van der Waals surface area contributed by atoms with Crippen molar-refractivity contribution in [3.05, 3.63) is 17.5 Å². The molecule has 4 nitrogen and oxygen atoms in total. The van der Waals surface area contributed by atoms with Crippen LogP contribution in [0.2, 0.25) is 0 Å². The van der Waals surface area contributed by atoms with Crippen LogP contribution in [0.3, 0.4) is 0 Å². The Morgan fingerprint density at radius 3 is 2.40 bits per heavy atom. The van der Waals surface area contributed by atoms with Crippen molar-refractivity contribution in [2.45, 2.75) is 46.5 Å². The van der Waals surface area contributed by atoms with Crippen LogP contribution in [0.1, 0.15) is 50.9 Å². The van der Waals surface area contributed by atoms with Crippen molar-refractivity contribution in [2.75, 3.05) is 18.0 Å². The summed E-state index contributed by atoms with van der Waals surface area (Å²) in [5.74, 6) is 0.772. The van der Waals surface area contributed by atoms with Gasteiger partial charge in [0.25, 0.3) is 0 Å². The summed E-state index contributed by atoms with van der Waals surface area (Å²) in [6.07, 6.45) is 4.92. The van der Waals surface area contributed by atoms with Gasteiger partial charge < -0.3 is 10.6 Å². The number of thiocarbonyl (C=S) groups is 1. The van der Waals surface area contributed by atoms with Gasteiger partial charge in [0.1, 0.15) is 10.7 Å². The van der Waals surface area contributed by atoms with Gasteiger partial charge in [-0.3, -0.25) is 0 Å². The van der Waals surface area contributed by atoms with Crippen LogP contribution in [0.15, 0.2) is 6.07 Å². The molecule has 20 heavy (non-hydrogen) atoms. The molecule has 0 atom stereocenters. The van der Waals surface area contributed by atoms with E-state index < -0.39 is 0 Å². The van der Waals surface area contributed by atoms with Gasteiger partial charge >= 0.3 is 0 Å². The third-order valence-electron chi connectivity index (χ3n) is 4.70. The molecule has 0 bridgehead atoms. The fourth-order valence-electron chi connectivity index (χ4n) is 2.96. The highest BCUT2D eigenvalue weighted by atomic mass is 32.1. The summed E-state index contributed by atoms with van der Waals surface area (Å²) in [6.45, 7) is 8.59. The minimum Gasteiger partial charge on any atom is -0.388 e. The van der Waals surface area contributed by atoms with Gasteiger partial charge in [0.15, 0.2) is 0 Å². The topological polar surface area (TPSA) is 55.0 Å². The SMILES string of the molecule is CCC1(CC)CCN(c2nc(C)cc(C(N)=S)n2)CC1. The average Bonchev–Trinajstić information content (AvgIpc) is 2.46. The number of hydrogen-bond acceptors (Lipinski definition) is 4. The summed E-state index contributed by atoms with van der Waals surface area (Å²) in [5, 5.41) is 0. The molecule has 1 aliphatic heterocycles. The molecule has 0 saturated carbocycles. The second-order valence-electron chi connectivity index (χ2n) is 5.75. The molecule has 1 fully saturated rings. The summed E-state index contributed by atoms with van der Waals surface area (Å²) < 4.78 is 0. The van der Waals surface area contributed by atoms with Crippen LogP contribution < -0.4 is 10.6 Å². The highest BCUT2D eigenvalue weighted by Gasteiger charge is 2.32. The van der Waals surface area contributed by atoms with E-state index in [1.165, 1.54) is 25.7 Å². The minimum atomic E-state index is 0.338. The quantitative estimate of drug-likeness (QED) is 0.865. The highest BCUT2D eigenvalue weighted by Crippen LogP contribution is 2.38. The van der Waals surface area contributed by atoms with Gasteiger partial charge in [-0.05, 0) is 31.2 Å². The van der Waals surface area contributed by atoms with Crippen molar-refractivity contribution in [2.24, 2.45) is 11.1 Å². The van der Waals surface area contributed by atoms with Gasteiger partial charge in [-0.25, -0.2) is 9.97 Å². The largest absolute Gasteiger partial charge is 0.388 e. The van der Waals surface area contributed by atoms with E-state index >= 15 is 0 Å². The fourth-order valence-corrected chi connectivity index (χ4v) is 3.06. The molecular formula is C15H24N4S. The van der Waals surface area contributed by atoms with Crippen molar-refractivity contribution < 1.29 is 0 Å². The lowest BCUT2D eigenvalue weighted by molar-refractivity contribution is 0.198. The van der Waals surface area contributed by atoms with E-state index in [9.17, 15) is 0 Å². The van der Waals surface area contributed by atoms with E-state index in [1.807, 2.05) is 13.0 Å². The maximum absolute atomic E-state index is 5.69. The first-order valence-electron chi connectivity index (χ1n) is 7.40. The number of anilines is 1. The molecule has 110 valence electrons. The van der Waals surface area contributed by atoms with E-state index in [-0.39, 0.29) is 0 Å². The molecule has 1 aromatic rings. The van der Waals surface area contributed by atoms with E-state index in [0.717, 1.165) is 24.7 Å². The zero-order valence-electron chi connectivity index (χ0n) is 12.6. The first-order chi connectivity index (χ1) is 9.49. The second kappa shape index (κ2) is 6.04. The van der Waals surface area contributed by atoms with E-state index in [2.05, 4.69) is 28.7 Å². The number of aromatic nitrogens is 2. The molecule has 1 aliphatic rings. The summed E-state index contributed by atoms with van der Waals surface area (Å²) >= 11 is 5.03. The lowest BCUT2D eigenvalue weighted by Gasteiger charge is -2.41. The molecule has 0 spiro atoms. The van der Waals surface area contributed by atoms with E-state index in [0.29, 0.717) is 16.1 Å². The van der Waals surface area contributed by atoms with Crippen LogP contribution in [-0.2, 0) is 0 Å². The molecule has 2 heterocycles. The number of piperidine rings is 1. The third-order valence-corrected chi connectivity index (χ3v) is 4.91. The lowest BCUT2D eigenvalue weighted by Crippen LogP contribution is -2.40. The summed E-state index contributed by atoms with van der Waals surface area (Å²) in [5.41, 5.74) is 7.78. The Morgan fingerprint density at radius 2 is 1.90 bits per heavy atom. The maximum Gasteiger partial charge on any atom is 0.226 e. The molecule has 0 amide bonds. The molecule has 2 rings (SSSR count). The Morgan fingerprint density at radius 1 is 1.30 bits per heavy atom. The number of aryl methyl sites for hydroxylation is 1.